The zero-order valence-corrected chi connectivity index (χ0v) is 12.7. The number of anilines is 2. The smallest absolute Gasteiger partial charge is 0.351 e. The maximum atomic E-state index is 12.8. The molecule has 6 nitrogen and oxygen atoms in total. The van der Waals surface area contributed by atoms with Crippen molar-refractivity contribution in [2.45, 2.75) is 11.1 Å². The van der Waals surface area contributed by atoms with Gasteiger partial charge >= 0.3 is 12.2 Å². The first-order chi connectivity index (χ1) is 11.0. The molecule has 0 aliphatic rings. The van der Waals surface area contributed by atoms with E-state index in [1.165, 1.54) is 12.1 Å². The molecule has 0 saturated carbocycles. The van der Waals surface area contributed by atoms with Crippen LogP contribution in [-0.4, -0.2) is 19.0 Å². The number of alkyl halides is 3. The quantitative estimate of drug-likeness (QED) is 0.821. The number of para-hydroxylation sites is 1. The summed E-state index contributed by atoms with van der Waals surface area (Å²) in [5.41, 5.74) is 3.49. The number of amides is 2. The Labute approximate surface area is 135 Å². The Balaban J connectivity index is 2.68. The third kappa shape index (κ3) is 3.66. The monoisotopic (exact) mass is 360 g/mol. The number of benzene rings is 2. The lowest BCUT2D eigenvalue weighted by Gasteiger charge is -2.23. The summed E-state index contributed by atoms with van der Waals surface area (Å²) < 4.78 is 70.6. The highest BCUT2D eigenvalue weighted by atomic mass is 32.2. The van der Waals surface area contributed by atoms with Crippen molar-refractivity contribution in [3.05, 3.63) is 54.1 Å². The average molecular weight is 360 g/mol. The second-order valence-electron chi connectivity index (χ2n) is 4.66. The fourth-order valence-electron chi connectivity index (χ4n) is 2.07. The maximum Gasteiger partial charge on any atom is 0.416 e. The Morgan fingerprint density at radius 3 is 2.25 bits per heavy atom. The van der Waals surface area contributed by atoms with Crippen LogP contribution in [0.4, 0.5) is 29.3 Å². The van der Waals surface area contributed by atoms with Crippen LogP contribution in [0.15, 0.2) is 53.4 Å². The Morgan fingerprint density at radius 1 is 1.08 bits per heavy atom. The van der Waals surface area contributed by atoms with E-state index in [0.29, 0.717) is 11.0 Å². The van der Waals surface area contributed by atoms with Gasteiger partial charge in [0.15, 0.2) is 0 Å². The summed E-state index contributed by atoms with van der Waals surface area (Å²) in [5, 5.41) is 0. The Bertz CT molecular complexity index is 882. The van der Waals surface area contributed by atoms with Gasteiger partial charge in [-0.1, -0.05) is 18.2 Å². The molecule has 0 bridgehead atoms. The lowest BCUT2D eigenvalue weighted by atomic mass is 10.1. The second-order valence-corrected chi connectivity index (χ2v) is 6.05. The zero-order chi connectivity index (χ0) is 18.1. The molecule has 0 spiro atoms. The fraction of sp³-hybridized carbons (Fsp3) is 0.0714. The molecule has 2 rings (SSSR count). The summed E-state index contributed by atoms with van der Waals surface area (Å²) in [7, 11) is -4.73. The third-order valence-corrected chi connectivity index (χ3v) is 3.94. The lowest BCUT2D eigenvalue weighted by molar-refractivity contribution is -0.137. The van der Waals surface area contributed by atoms with Crippen molar-refractivity contribution in [3.63, 3.8) is 0 Å². The standard InChI is InChI=1S/C14H11F3N2O4S/c15-14(16,17)9-4-3-5-10(8-9)19(13(18)20)11-6-1-2-7-12(11)24(21,22)23/h1-8H,(H2,18,20)(H,21,22,23). The highest BCUT2D eigenvalue weighted by Crippen LogP contribution is 2.35. The SMILES string of the molecule is NC(=O)N(c1cccc(C(F)(F)F)c1)c1ccccc1S(=O)(=O)O. The van der Waals surface area contributed by atoms with Crippen molar-refractivity contribution in [3.8, 4) is 0 Å². The Hall–Kier alpha value is -2.59. The van der Waals surface area contributed by atoms with Gasteiger partial charge in [-0.25, -0.2) is 4.79 Å². The van der Waals surface area contributed by atoms with E-state index in [4.69, 9.17) is 5.73 Å². The summed E-state index contributed by atoms with van der Waals surface area (Å²) in [5.74, 6) is 0. The van der Waals surface area contributed by atoms with Gasteiger partial charge in [0.25, 0.3) is 10.1 Å². The van der Waals surface area contributed by atoms with Crippen LogP contribution in [0.3, 0.4) is 0 Å². The van der Waals surface area contributed by atoms with Crippen molar-refractivity contribution in [2.24, 2.45) is 5.73 Å². The van der Waals surface area contributed by atoms with Gasteiger partial charge in [-0.2, -0.15) is 21.6 Å². The van der Waals surface area contributed by atoms with Crippen molar-refractivity contribution in [2.75, 3.05) is 4.90 Å². The molecule has 2 aromatic carbocycles. The van der Waals surface area contributed by atoms with Crippen molar-refractivity contribution < 1.29 is 30.9 Å². The van der Waals surface area contributed by atoms with Crippen molar-refractivity contribution in [1.29, 1.82) is 0 Å². The molecule has 0 atom stereocenters. The van der Waals surface area contributed by atoms with Gasteiger partial charge in [0.2, 0.25) is 0 Å². The first-order valence-electron chi connectivity index (χ1n) is 6.35. The van der Waals surface area contributed by atoms with Crippen molar-refractivity contribution >= 4 is 27.5 Å². The second kappa shape index (κ2) is 6.13. The van der Waals surface area contributed by atoms with Crippen LogP contribution in [0, 0.1) is 0 Å². The minimum atomic E-state index is -4.73. The number of carbonyl (C=O) groups excluding carboxylic acids is 1. The zero-order valence-electron chi connectivity index (χ0n) is 11.9. The lowest BCUT2D eigenvalue weighted by Crippen LogP contribution is -2.32. The minimum absolute atomic E-state index is 0.298. The van der Waals surface area contributed by atoms with Crippen molar-refractivity contribution in [1.82, 2.24) is 0 Å². The molecule has 0 heterocycles. The topological polar surface area (TPSA) is 101 Å². The normalized spacial score (nSPS) is 12.0. The van der Waals surface area contributed by atoms with Crippen LogP contribution in [0.25, 0.3) is 0 Å². The van der Waals surface area contributed by atoms with Gasteiger partial charge in [-0.3, -0.25) is 9.45 Å². The highest BCUT2D eigenvalue weighted by molar-refractivity contribution is 7.86. The van der Waals surface area contributed by atoms with E-state index in [0.717, 1.165) is 30.3 Å². The first kappa shape index (κ1) is 17.8. The summed E-state index contributed by atoms with van der Waals surface area (Å²) >= 11 is 0. The predicted molar refractivity (Wildman–Crippen MR) is 79.4 cm³/mol. The third-order valence-electron chi connectivity index (χ3n) is 3.04. The van der Waals surface area contributed by atoms with Crippen LogP contribution in [0.2, 0.25) is 0 Å². The number of rotatable bonds is 3. The molecule has 0 saturated heterocycles. The van der Waals surface area contributed by atoms with E-state index in [1.807, 2.05) is 0 Å². The molecule has 2 amide bonds. The predicted octanol–water partition coefficient (Wildman–Crippen LogP) is 3.17. The largest absolute Gasteiger partial charge is 0.416 e. The van der Waals surface area contributed by atoms with Crippen LogP contribution >= 0.6 is 0 Å². The molecule has 0 aromatic heterocycles. The number of nitrogens with two attached hydrogens (primary N) is 1. The molecule has 0 aliphatic heterocycles. The Morgan fingerprint density at radius 2 is 1.71 bits per heavy atom. The molecule has 0 fully saturated rings. The van der Waals surface area contributed by atoms with E-state index in [-0.39, 0.29) is 11.4 Å². The number of primary amides is 1. The van der Waals surface area contributed by atoms with Gasteiger partial charge in [-0.15, -0.1) is 0 Å². The molecule has 128 valence electrons. The van der Waals surface area contributed by atoms with Gasteiger partial charge in [0.05, 0.1) is 16.9 Å². The molecule has 0 radical (unpaired) electrons. The fourth-order valence-corrected chi connectivity index (χ4v) is 2.74. The van der Waals surface area contributed by atoms with Gasteiger partial charge < -0.3 is 5.73 Å². The summed E-state index contributed by atoms with van der Waals surface area (Å²) in [6.45, 7) is 0. The highest BCUT2D eigenvalue weighted by Gasteiger charge is 2.32. The van der Waals surface area contributed by atoms with E-state index < -0.39 is 32.8 Å². The van der Waals surface area contributed by atoms with Gasteiger partial charge in [0, 0.05) is 0 Å². The van der Waals surface area contributed by atoms with E-state index in [1.54, 1.807) is 0 Å². The minimum Gasteiger partial charge on any atom is -0.351 e. The molecule has 24 heavy (non-hydrogen) atoms. The van der Waals surface area contributed by atoms with Gasteiger partial charge in [-0.05, 0) is 30.3 Å². The number of carbonyl (C=O) groups is 1. The van der Waals surface area contributed by atoms with Gasteiger partial charge in [0.1, 0.15) is 4.90 Å². The Kier molecular flexibility index (Phi) is 4.54. The number of halogens is 3. The number of urea groups is 1. The molecule has 3 N–H and O–H groups in total. The number of nitrogens with zero attached hydrogens (tertiary/aromatic N) is 1. The summed E-state index contributed by atoms with van der Waals surface area (Å²) in [6.07, 6.45) is -4.66. The van der Waals surface area contributed by atoms with Crippen LogP contribution in [0.5, 0.6) is 0 Å². The molecule has 2 aromatic rings. The molecular weight excluding hydrogens is 349 g/mol. The van der Waals surface area contributed by atoms with E-state index in [2.05, 4.69) is 0 Å². The first-order valence-corrected chi connectivity index (χ1v) is 7.79. The number of hydrogen-bond acceptors (Lipinski definition) is 3. The maximum absolute atomic E-state index is 12.8. The van der Waals surface area contributed by atoms with Crippen LogP contribution < -0.4 is 10.6 Å². The van der Waals surface area contributed by atoms with E-state index in [9.17, 15) is 30.9 Å². The van der Waals surface area contributed by atoms with Crippen LogP contribution in [-0.2, 0) is 16.3 Å². The van der Waals surface area contributed by atoms with E-state index >= 15 is 0 Å². The average Bonchev–Trinajstić information content (AvgIpc) is 2.46. The molecule has 0 aliphatic carbocycles. The molecule has 10 heteroatoms. The molecule has 0 unspecified atom stereocenters. The number of hydrogen-bond donors (Lipinski definition) is 2. The molecular formula is C14H11F3N2O4S. The summed E-state index contributed by atoms with van der Waals surface area (Å²) in [6, 6.07) is 7.16. The van der Waals surface area contributed by atoms with Crippen LogP contribution in [0.1, 0.15) is 5.56 Å². The summed E-state index contributed by atoms with van der Waals surface area (Å²) in [4.78, 5) is 11.6.